The maximum Gasteiger partial charge on any atom is 0.322 e. The first-order valence-electron chi connectivity index (χ1n) is 5.85. The predicted octanol–water partition coefficient (Wildman–Crippen LogP) is -3.02. The lowest BCUT2D eigenvalue weighted by Gasteiger charge is -2.16. The van der Waals surface area contributed by atoms with E-state index in [0.29, 0.717) is 0 Å². The fourth-order valence-corrected chi connectivity index (χ4v) is 1.53. The van der Waals surface area contributed by atoms with Gasteiger partial charge in [0.15, 0.2) is 0 Å². The van der Waals surface area contributed by atoms with Gasteiger partial charge in [-0.25, -0.2) is 0 Å². The molecule has 0 rings (SSSR count). The van der Waals surface area contributed by atoms with Gasteiger partial charge in [0.05, 0.1) is 12.6 Å². The first kappa shape index (κ1) is 19.5. The van der Waals surface area contributed by atoms with Crippen LogP contribution in [0.5, 0.6) is 0 Å². The number of hydrogen-bond donors (Lipinski definition) is 7. The summed E-state index contributed by atoms with van der Waals surface area (Å²) in [6.45, 7) is -0.927. The molecule has 0 aromatic carbocycles. The van der Waals surface area contributed by atoms with Gasteiger partial charge in [-0.05, 0) is 0 Å². The molecule has 21 heavy (non-hydrogen) atoms. The van der Waals surface area contributed by atoms with Crippen LogP contribution in [-0.2, 0) is 19.2 Å². The van der Waals surface area contributed by atoms with Gasteiger partial charge < -0.3 is 26.8 Å². The highest BCUT2D eigenvalue weighted by atomic mass is 32.1. The van der Waals surface area contributed by atoms with Crippen molar-refractivity contribution < 1.29 is 24.3 Å². The van der Waals surface area contributed by atoms with E-state index in [1.54, 1.807) is 0 Å². The van der Waals surface area contributed by atoms with E-state index in [1.807, 2.05) is 0 Å². The molecule has 2 unspecified atom stereocenters. The van der Waals surface area contributed by atoms with Crippen molar-refractivity contribution in [1.82, 2.24) is 16.0 Å². The van der Waals surface area contributed by atoms with E-state index in [4.69, 9.17) is 10.8 Å². The Morgan fingerprint density at radius 3 is 2.05 bits per heavy atom. The summed E-state index contributed by atoms with van der Waals surface area (Å²) >= 11 is 7.73. The van der Waals surface area contributed by atoms with Crippen molar-refractivity contribution >= 4 is 48.9 Å². The molecule has 0 saturated carbocycles. The molecule has 0 aliphatic rings. The summed E-state index contributed by atoms with van der Waals surface area (Å²) in [5.41, 5.74) is 5.39. The zero-order valence-corrected chi connectivity index (χ0v) is 12.8. The molecule has 0 aromatic rings. The molecule has 11 heteroatoms. The van der Waals surface area contributed by atoms with Gasteiger partial charge in [0.2, 0.25) is 17.7 Å². The van der Waals surface area contributed by atoms with Gasteiger partial charge in [0.1, 0.15) is 12.6 Å². The predicted molar refractivity (Wildman–Crippen MR) is 81.3 cm³/mol. The largest absolute Gasteiger partial charge is 0.480 e. The second kappa shape index (κ2) is 10.3. The third-order valence-electron chi connectivity index (χ3n) is 2.20. The fraction of sp³-hybridized carbons (Fsp3) is 0.600. The molecular formula is C10H18N4O5S2. The Morgan fingerprint density at radius 1 is 1.00 bits per heavy atom. The molecule has 3 amide bonds. The Bertz CT molecular complexity index is 407. The molecule has 0 bridgehead atoms. The topological polar surface area (TPSA) is 151 Å². The van der Waals surface area contributed by atoms with E-state index >= 15 is 0 Å². The number of carboxylic acids is 1. The van der Waals surface area contributed by atoms with Crippen LogP contribution in [0.4, 0.5) is 0 Å². The van der Waals surface area contributed by atoms with Gasteiger partial charge in [0.25, 0.3) is 0 Å². The number of thiol groups is 2. The molecule has 9 nitrogen and oxygen atoms in total. The van der Waals surface area contributed by atoms with Crippen molar-refractivity contribution in [3.8, 4) is 0 Å². The van der Waals surface area contributed by atoms with Crippen LogP contribution in [0.15, 0.2) is 0 Å². The lowest BCUT2D eigenvalue weighted by atomic mass is 10.3. The third kappa shape index (κ3) is 8.42. The van der Waals surface area contributed by atoms with E-state index in [2.05, 4.69) is 41.2 Å². The summed E-state index contributed by atoms with van der Waals surface area (Å²) in [5, 5.41) is 15.1. The van der Waals surface area contributed by atoms with Gasteiger partial charge in [-0.1, -0.05) is 0 Å². The maximum absolute atomic E-state index is 11.6. The number of nitrogens with two attached hydrogens (primary N) is 1. The highest BCUT2D eigenvalue weighted by molar-refractivity contribution is 7.80. The molecule has 0 aliphatic heterocycles. The smallest absolute Gasteiger partial charge is 0.322 e. The third-order valence-corrected chi connectivity index (χ3v) is 2.96. The van der Waals surface area contributed by atoms with Crippen molar-refractivity contribution in [2.45, 2.75) is 12.1 Å². The fourth-order valence-electron chi connectivity index (χ4n) is 1.11. The van der Waals surface area contributed by atoms with Crippen molar-refractivity contribution in [3.63, 3.8) is 0 Å². The van der Waals surface area contributed by atoms with Crippen LogP contribution in [0.2, 0.25) is 0 Å². The number of rotatable bonds is 9. The number of carbonyl (C=O) groups excluding carboxylic acids is 3. The van der Waals surface area contributed by atoms with Gasteiger partial charge in [-0.3, -0.25) is 19.2 Å². The van der Waals surface area contributed by atoms with Crippen LogP contribution in [0.25, 0.3) is 0 Å². The van der Waals surface area contributed by atoms with Crippen LogP contribution in [0.3, 0.4) is 0 Å². The van der Waals surface area contributed by atoms with Crippen molar-refractivity contribution in [2.24, 2.45) is 5.73 Å². The minimum absolute atomic E-state index is 0.0265. The number of hydrogen-bond acceptors (Lipinski definition) is 7. The number of aliphatic carboxylic acids is 1. The highest BCUT2D eigenvalue weighted by Crippen LogP contribution is 1.89. The van der Waals surface area contributed by atoms with Crippen molar-refractivity contribution in [2.75, 3.05) is 24.6 Å². The summed E-state index contributed by atoms with van der Waals surface area (Å²) in [4.78, 5) is 44.7. The Labute approximate surface area is 132 Å². The summed E-state index contributed by atoms with van der Waals surface area (Å²) < 4.78 is 0. The molecule has 0 aromatic heterocycles. The van der Waals surface area contributed by atoms with Gasteiger partial charge in [-0.15, -0.1) is 0 Å². The number of carbonyl (C=O) groups is 4. The second-order valence-corrected chi connectivity index (χ2v) is 4.65. The van der Waals surface area contributed by atoms with Gasteiger partial charge >= 0.3 is 5.97 Å². The summed E-state index contributed by atoms with van der Waals surface area (Å²) in [7, 11) is 0. The minimum Gasteiger partial charge on any atom is -0.480 e. The SMILES string of the molecule is NC(CS)C(=O)NCC(=O)NC(CS)C(=O)NCC(=O)O. The highest BCUT2D eigenvalue weighted by Gasteiger charge is 2.20. The zero-order chi connectivity index (χ0) is 16.4. The Balaban J connectivity index is 4.23. The van der Waals surface area contributed by atoms with Crippen LogP contribution in [-0.4, -0.2) is 65.5 Å². The molecule has 0 fully saturated rings. The number of carboxylic acid groups (broad SMARTS) is 1. The maximum atomic E-state index is 11.6. The normalized spacial score (nSPS) is 12.9. The average Bonchev–Trinajstić information content (AvgIpc) is 2.46. The van der Waals surface area contributed by atoms with Crippen molar-refractivity contribution in [1.29, 1.82) is 0 Å². The van der Waals surface area contributed by atoms with E-state index in [0.717, 1.165) is 0 Å². The monoisotopic (exact) mass is 338 g/mol. The van der Waals surface area contributed by atoms with Crippen LogP contribution in [0.1, 0.15) is 0 Å². The van der Waals surface area contributed by atoms with Gasteiger partial charge in [0, 0.05) is 11.5 Å². The van der Waals surface area contributed by atoms with Crippen LogP contribution < -0.4 is 21.7 Å². The number of amides is 3. The Morgan fingerprint density at radius 2 is 1.57 bits per heavy atom. The average molecular weight is 338 g/mol. The minimum atomic E-state index is -1.21. The summed E-state index contributed by atoms with van der Waals surface area (Å²) in [6, 6.07) is -1.84. The van der Waals surface area contributed by atoms with E-state index in [9.17, 15) is 19.2 Å². The molecule has 0 radical (unpaired) electrons. The molecule has 0 saturated heterocycles. The zero-order valence-electron chi connectivity index (χ0n) is 11.0. The van der Waals surface area contributed by atoms with Crippen LogP contribution >= 0.6 is 25.3 Å². The molecule has 0 heterocycles. The van der Waals surface area contributed by atoms with Gasteiger partial charge in [-0.2, -0.15) is 25.3 Å². The molecule has 0 spiro atoms. The Hall–Kier alpha value is -1.46. The lowest BCUT2D eigenvalue weighted by molar-refractivity contribution is -0.138. The molecule has 120 valence electrons. The van der Waals surface area contributed by atoms with E-state index < -0.39 is 42.3 Å². The summed E-state index contributed by atoms with van der Waals surface area (Å²) in [5.74, 6) is -2.96. The van der Waals surface area contributed by atoms with Crippen LogP contribution in [0, 0.1) is 0 Å². The van der Waals surface area contributed by atoms with Crippen molar-refractivity contribution in [3.05, 3.63) is 0 Å². The number of nitrogens with one attached hydrogen (secondary N) is 3. The molecular weight excluding hydrogens is 320 g/mol. The first-order valence-corrected chi connectivity index (χ1v) is 7.12. The second-order valence-electron chi connectivity index (χ2n) is 3.92. The molecule has 6 N–H and O–H groups in total. The lowest BCUT2D eigenvalue weighted by Crippen LogP contribution is -2.52. The molecule has 2 atom stereocenters. The molecule has 0 aliphatic carbocycles. The first-order chi connectivity index (χ1) is 9.81. The standard InChI is InChI=1S/C10H18N4O5S2/c11-5(3-20)9(18)12-1-7(15)14-6(4-21)10(19)13-2-8(16)17/h5-6,20-21H,1-4,11H2,(H,12,18)(H,13,19)(H,14,15)(H,16,17). The van der Waals surface area contributed by atoms with E-state index in [1.165, 1.54) is 0 Å². The van der Waals surface area contributed by atoms with E-state index in [-0.39, 0.29) is 18.1 Å². The summed E-state index contributed by atoms with van der Waals surface area (Å²) in [6.07, 6.45) is 0. The Kier molecular flexibility index (Phi) is 9.58. The quantitative estimate of drug-likeness (QED) is 0.222.